The van der Waals surface area contributed by atoms with E-state index in [0.29, 0.717) is 11.8 Å². The van der Waals surface area contributed by atoms with Crippen molar-refractivity contribution in [1.82, 2.24) is 9.13 Å². The van der Waals surface area contributed by atoms with Crippen molar-refractivity contribution in [3.8, 4) is 11.4 Å². The average molecular weight is 487 g/mol. The summed E-state index contributed by atoms with van der Waals surface area (Å²) >= 11 is 0. The van der Waals surface area contributed by atoms with Crippen molar-refractivity contribution >= 4 is 43.7 Å². The van der Waals surface area contributed by atoms with Gasteiger partial charge in [-0.1, -0.05) is 55.0 Å². The van der Waals surface area contributed by atoms with Crippen molar-refractivity contribution in [3.63, 3.8) is 0 Å². The average Bonchev–Trinajstić information content (AvgIpc) is 3.71. The fraction of sp³-hybridized carbons (Fsp3) is 0.171. The number of hydrogen-bond donors (Lipinski definition) is 0. The Labute approximate surface area is 219 Å². The van der Waals surface area contributed by atoms with Crippen molar-refractivity contribution in [3.05, 3.63) is 114 Å². The van der Waals surface area contributed by atoms with E-state index in [1.54, 1.807) is 11.1 Å². The first-order valence-corrected chi connectivity index (χ1v) is 14.0. The summed E-state index contributed by atoms with van der Waals surface area (Å²) in [6, 6.07) is 34.6. The molecule has 0 radical (unpaired) electrons. The lowest BCUT2D eigenvalue weighted by atomic mass is 9.71. The van der Waals surface area contributed by atoms with E-state index < -0.39 is 0 Å². The molecule has 2 aliphatic carbocycles. The van der Waals surface area contributed by atoms with Crippen LogP contribution in [0.15, 0.2) is 97.2 Å². The minimum Gasteiger partial charge on any atom is -0.308 e. The van der Waals surface area contributed by atoms with Gasteiger partial charge in [-0.15, -0.1) is 0 Å². The molecule has 3 atom stereocenters. The van der Waals surface area contributed by atoms with E-state index in [1.807, 2.05) is 0 Å². The fourth-order valence-corrected chi connectivity index (χ4v) is 9.55. The van der Waals surface area contributed by atoms with Crippen molar-refractivity contribution in [2.24, 2.45) is 5.92 Å². The van der Waals surface area contributed by atoms with E-state index in [2.05, 4.69) is 111 Å². The van der Waals surface area contributed by atoms with Crippen LogP contribution in [0.3, 0.4) is 0 Å². The Hall–Kier alpha value is -4.37. The van der Waals surface area contributed by atoms with E-state index in [1.165, 1.54) is 79.9 Å². The van der Waals surface area contributed by atoms with Crippen LogP contribution in [0.4, 0.5) is 0 Å². The molecule has 5 heterocycles. The molecule has 3 heteroatoms. The molecule has 0 amide bonds. The molecule has 0 bridgehead atoms. The fourth-order valence-electron chi connectivity index (χ4n) is 9.55. The van der Waals surface area contributed by atoms with Crippen LogP contribution in [0.25, 0.3) is 55.1 Å². The van der Waals surface area contributed by atoms with E-state index in [4.69, 9.17) is 0 Å². The summed E-state index contributed by atoms with van der Waals surface area (Å²) in [6.45, 7) is 0. The molecule has 1 saturated carbocycles. The van der Waals surface area contributed by atoms with Crippen LogP contribution in [0, 0.1) is 5.92 Å². The van der Waals surface area contributed by atoms with Crippen LogP contribution in [0.2, 0.25) is 0 Å². The van der Waals surface area contributed by atoms with Gasteiger partial charge in [0.15, 0.2) is 5.54 Å². The SMILES string of the molecule is c1cc2c3c(c1)-n1c4ccccc4c4ccc[n+](c41)C31c3c(ccc4c5ccccc5n-2c34)C2CCCC21. The molecule has 0 N–H and O–H groups in total. The molecule has 3 aromatic heterocycles. The predicted octanol–water partition coefficient (Wildman–Crippen LogP) is 7.48. The Bertz CT molecular complexity index is 2230. The minimum absolute atomic E-state index is 0.184. The van der Waals surface area contributed by atoms with E-state index in [-0.39, 0.29) is 5.54 Å². The van der Waals surface area contributed by atoms with Gasteiger partial charge in [0.05, 0.1) is 33.9 Å². The van der Waals surface area contributed by atoms with Crippen molar-refractivity contribution in [2.45, 2.75) is 30.7 Å². The lowest BCUT2D eigenvalue weighted by Gasteiger charge is -2.42. The molecule has 0 saturated heterocycles. The third-order valence-electron chi connectivity index (χ3n) is 10.6. The Morgan fingerprint density at radius 1 is 0.632 bits per heavy atom. The number of benzene rings is 4. The molecule has 4 aromatic carbocycles. The minimum atomic E-state index is -0.184. The predicted molar refractivity (Wildman–Crippen MR) is 152 cm³/mol. The summed E-state index contributed by atoms with van der Waals surface area (Å²) < 4.78 is 7.90. The summed E-state index contributed by atoms with van der Waals surface area (Å²) in [4.78, 5) is 0. The summed E-state index contributed by atoms with van der Waals surface area (Å²) in [5.41, 5.74) is 12.6. The smallest absolute Gasteiger partial charge is 0.296 e. The summed E-state index contributed by atoms with van der Waals surface area (Å²) in [5, 5.41) is 5.46. The second-order valence-electron chi connectivity index (χ2n) is 11.8. The first-order chi connectivity index (χ1) is 18.9. The van der Waals surface area contributed by atoms with Gasteiger partial charge in [0.2, 0.25) is 0 Å². The van der Waals surface area contributed by atoms with Gasteiger partial charge in [-0.05, 0) is 66.8 Å². The van der Waals surface area contributed by atoms with Gasteiger partial charge in [0.25, 0.3) is 5.65 Å². The highest BCUT2D eigenvalue weighted by atomic mass is 15.2. The second kappa shape index (κ2) is 5.86. The Balaban J connectivity index is 1.50. The van der Waals surface area contributed by atoms with Crippen LogP contribution in [-0.4, -0.2) is 9.13 Å². The van der Waals surface area contributed by atoms with Crippen molar-refractivity contribution < 1.29 is 4.57 Å². The van der Waals surface area contributed by atoms with E-state index in [0.717, 1.165) is 0 Å². The quantitative estimate of drug-likeness (QED) is 0.197. The number of pyridine rings is 1. The molecule has 2 aliphatic heterocycles. The van der Waals surface area contributed by atoms with Gasteiger partial charge in [-0.2, -0.15) is 4.57 Å². The zero-order chi connectivity index (χ0) is 24.3. The molecule has 3 nitrogen and oxygen atoms in total. The maximum absolute atomic E-state index is 2.73. The number of aromatic nitrogens is 3. The third-order valence-corrected chi connectivity index (χ3v) is 10.6. The molecule has 1 fully saturated rings. The molecule has 7 aromatic rings. The molecular formula is C35H24N3+. The number of fused-ring (bicyclic) bond motifs is 10. The van der Waals surface area contributed by atoms with Crippen LogP contribution in [-0.2, 0) is 5.54 Å². The molecule has 38 heavy (non-hydrogen) atoms. The lowest BCUT2D eigenvalue weighted by Crippen LogP contribution is -2.64. The Kier molecular flexibility index (Phi) is 2.90. The number of para-hydroxylation sites is 2. The van der Waals surface area contributed by atoms with Crippen molar-refractivity contribution in [2.75, 3.05) is 0 Å². The number of hydrogen-bond acceptors (Lipinski definition) is 0. The highest BCUT2D eigenvalue weighted by Crippen LogP contribution is 2.65. The van der Waals surface area contributed by atoms with Crippen LogP contribution in [0.1, 0.15) is 41.9 Å². The highest BCUT2D eigenvalue weighted by molar-refractivity contribution is 6.13. The third kappa shape index (κ3) is 1.69. The van der Waals surface area contributed by atoms with Gasteiger partial charge in [-0.3, -0.25) is 0 Å². The molecule has 1 spiro atoms. The monoisotopic (exact) mass is 486 g/mol. The van der Waals surface area contributed by atoms with Crippen LogP contribution >= 0.6 is 0 Å². The van der Waals surface area contributed by atoms with Crippen LogP contribution < -0.4 is 4.57 Å². The normalized spacial score (nSPS) is 23.6. The van der Waals surface area contributed by atoms with E-state index >= 15 is 0 Å². The summed E-state index contributed by atoms with van der Waals surface area (Å²) in [6.07, 6.45) is 6.29. The molecular weight excluding hydrogens is 462 g/mol. The first kappa shape index (κ1) is 18.8. The van der Waals surface area contributed by atoms with E-state index in [9.17, 15) is 0 Å². The van der Waals surface area contributed by atoms with Gasteiger partial charge < -0.3 is 4.57 Å². The number of rotatable bonds is 0. The topological polar surface area (TPSA) is 13.7 Å². The molecule has 4 aliphatic rings. The van der Waals surface area contributed by atoms with Crippen molar-refractivity contribution in [1.29, 1.82) is 0 Å². The largest absolute Gasteiger partial charge is 0.308 e. The van der Waals surface area contributed by atoms with Crippen LogP contribution in [0.5, 0.6) is 0 Å². The Morgan fingerprint density at radius 2 is 1.37 bits per heavy atom. The zero-order valence-electron chi connectivity index (χ0n) is 20.9. The lowest BCUT2D eigenvalue weighted by molar-refractivity contribution is -0.730. The summed E-state index contributed by atoms with van der Waals surface area (Å²) in [7, 11) is 0. The molecule has 3 unspecified atom stereocenters. The number of nitrogens with zero attached hydrogens (tertiary/aromatic N) is 3. The summed E-state index contributed by atoms with van der Waals surface area (Å²) in [5.74, 6) is 1.18. The van der Waals surface area contributed by atoms with Gasteiger partial charge >= 0.3 is 0 Å². The van der Waals surface area contributed by atoms with Gasteiger partial charge in [0.1, 0.15) is 11.2 Å². The highest BCUT2D eigenvalue weighted by Gasteiger charge is 2.65. The second-order valence-corrected chi connectivity index (χ2v) is 11.8. The molecule has 11 rings (SSSR count). The maximum atomic E-state index is 2.73. The standard InChI is InChI=1S/C35H24N3/c1-3-13-27-21(8-1)24-18-17-23-20-10-5-12-26(20)35-31(23)33(24)37(27)29-15-6-16-30(32(29)35)38-28-14-4-2-9-22(28)25-11-7-19-36(35)34(25)38/h1-4,6-9,11,13-20,26H,5,10,12H2/q+1. The Morgan fingerprint density at radius 3 is 2.24 bits per heavy atom. The zero-order valence-corrected chi connectivity index (χ0v) is 20.9. The maximum Gasteiger partial charge on any atom is 0.296 e. The first-order valence-electron chi connectivity index (χ1n) is 14.0. The van der Waals surface area contributed by atoms with Gasteiger partial charge in [-0.25, -0.2) is 4.57 Å². The van der Waals surface area contributed by atoms with Gasteiger partial charge in [0, 0.05) is 27.6 Å². The molecule has 178 valence electrons.